The predicted octanol–water partition coefficient (Wildman–Crippen LogP) is 1.38. The molecule has 0 saturated carbocycles. The Morgan fingerprint density at radius 1 is 1.13 bits per heavy atom. The van der Waals surface area contributed by atoms with Crippen LogP contribution < -0.4 is 0 Å². The summed E-state index contributed by atoms with van der Waals surface area (Å²) in [4.78, 5) is 40.1. The third-order valence-corrected chi connectivity index (χ3v) is 7.70. The first-order valence-corrected chi connectivity index (χ1v) is 12.0. The minimum atomic E-state index is -3.10. The Morgan fingerprint density at radius 3 is 2.33 bits per heavy atom. The molecule has 8 nitrogen and oxygen atoms in total. The van der Waals surface area contributed by atoms with Gasteiger partial charge in [-0.1, -0.05) is 11.6 Å². The van der Waals surface area contributed by atoms with Crippen LogP contribution >= 0.6 is 11.6 Å². The molecular formula is C20H25ClN2O6S. The van der Waals surface area contributed by atoms with Gasteiger partial charge in [-0.3, -0.25) is 14.4 Å². The number of hydrogen-bond acceptors (Lipinski definition) is 6. The lowest BCUT2D eigenvalue weighted by molar-refractivity contribution is -0.156. The molecule has 2 aliphatic rings. The number of carbonyl (C=O) groups excluding carboxylic acids is 3. The van der Waals surface area contributed by atoms with E-state index in [2.05, 4.69) is 0 Å². The maximum atomic E-state index is 12.5. The van der Waals surface area contributed by atoms with Crippen LogP contribution in [0.1, 0.15) is 29.6 Å². The predicted molar refractivity (Wildman–Crippen MR) is 111 cm³/mol. The van der Waals surface area contributed by atoms with Gasteiger partial charge < -0.3 is 14.5 Å². The Kier molecular flexibility index (Phi) is 7.02. The van der Waals surface area contributed by atoms with Crippen LogP contribution in [0.5, 0.6) is 0 Å². The van der Waals surface area contributed by atoms with E-state index in [0.29, 0.717) is 42.9 Å². The second-order valence-electron chi connectivity index (χ2n) is 7.74. The summed E-state index contributed by atoms with van der Waals surface area (Å²) in [6.07, 6.45) is 1.32. The summed E-state index contributed by atoms with van der Waals surface area (Å²) in [5.74, 6) is -1.34. The smallest absolute Gasteiger partial charge is 0.309 e. The van der Waals surface area contributed by atoms with Crippen LogP contribution in [0.4, 0.5) is 0 Å². The summed E-state index contributed by atoms with van der Waals surface area (Å²) in [5, 5.41) is 0.558. The summed E-state index contributed by atoms with van der Waals surface area (Å²) in [7, 11) is -1.57. The maximum Gasteiger partial charge on any atom is 0.309 e. The molecular weight excluding hydrogens is 432 g/mol. The first-order chi connectivity index (χ1) is 14.2. The average Bonchev–Trinajstić information content (AvgIpc) is 3.11. The lowest BCUT2D eigenvalue weighted by atomic mass is 9.96. The Labute approximate surface area is 181 Å². The van der Waals surface area contributed by atoms with Gasteiger partial charge in [0.05, 0.1) is 17.4 Å². The van der Waals surface area contributed by atoms with Gasteiger partial charge in [0.1, 0.15) is 0 Å². The zero-order chi connectivity index (χ0) is 21.9. The number of rotatable bonds is 5. The van der Waals surface area contributed by atoms with Crippen molar-refractivity contribution in [2.75, 3.05) is 38.2 Å². The lowest BCUT2D eigenvalue weighted by Crippen LogP contribution is -2.42. The van der Waals surface area contributed by atoms with Crippen LogP contribution in [0.3, 0.4) is 0 Å². The summed E-state index contributed by atoms with van der Waals surface area (Å²) in [5.41, 5.74) is 0.544. The molecule has 0 aliphatic carbocycles. The molecule has 2 heterocycles. The van der Waals surface area contributed by atoms with Crippen LogP contribution in [-0.4, -0.2) is 80.3 Å². The number of likely N-dealkylation sites (tertiary alicyclic amines) is 1. The summed E-state index contributed by atoms with van der Waals surface area (Å²) < 4.78 is 28.3. The third-order valence-electron chi connectivity index (χ3n) is 5.69. The number of piperidine rings is 1. The van der Waals surface area contributed by atoms with Crippen molar-refractivity contribution in [2.24, 2.45) is 5.92 Å². The molecule has 2 amide bonds. The fourth-order valence-electron chi connectivity index (χ4n) is 3.73. The number of ether oxygens (including phenoxy) is 1. The normalized spacial score (nSPS) is 21.3. The molecule has 2 saturated heterocycles. The van der Waals surface area contributed by atoms with Gasteiger partial charge in [0, 0.05) is 36.8 Å². The van der Waals surface area contributed by atoms with Gasteiger partial charge in [-0.05, 0) is 43.5 Å². The Hall–Kier alpha value is -2.13. The fraction of sp³-hybridized carbons (Fsp3) is 0.550. The molecule has 0 N–H and O–H groups in total. The van der Waals surface area contributed by atoms with Gasteiger partial charge >= 0.3 is 5.97 Å². The van der Waals surface area contributed by atoms with Gasteiger partial charge in [0.25, 0.3) is 11.8 Å². The van der Waals surface area contributed by atoms with Crippen LogP contribution in [0, 0.1) is 5.92 Å². The molecule has 0 radical (unpaired) electrons. The molecule has 3 rings (SSSR count). The van der Waals surface area contributed by atoms with Crippen molar-refractivity contribution in [3.05, 3.63) is 34.9 Å². The first-order valence-electron chi connectivity index (χ1n) is 9.84. The second-order valence-corrected chi connectivity index (χ2v) is 10.4. The molecule has 10 heteroatoms. The molecule has 2 fully saturated rings. The minimum Gasteiger partial charge on any atom is -0.455 e. The molecule has 2 aliphatic heterocycles. The van der Waals surface area contributed by atoms with E-state index in [9.17, 15) is 22.8 Å². The monoisotopic (exact) mass is 456 g/mol. The number of carbonyl (C=O) groups is 3. The van der Waals surface area contributed by atoms with Gasteiger partial charge in [-0.25, -0.2) is 8.42 Å². The molecule has 1 aromatic carbocycles. The van der Waals surface area contributed by atoms with E-state index in [1.54, 1.807) is 29.2 Å². The molecule has 30 heavy (non-hydrogen) atoms. The Balaban J connectivity index is 1.43. The number of halogens is 1. The maximum absolute atomic E-state index is 12.5. The zero-order valence-electron chi connectivity index (χ0n) is 16.8. The SMILES string of the molecule is CN(C(=O)COC(=O)C1CCN(C(=O)c2ccc(Cl)cc2)CC1)[C@H]1CCS(=O)(=O)C1. The van der Waals surface area contributed by atoms with E-state index >= 15 is 0 Å². The molecule has 164 valence electrons. The highest BCUT2D eigenvalue weighted by molar-refractivity contribution is 7.91. The van der Waals surface area contributed by atoms with Crippen molar-refractivity contribution in [3.63, 3.8) is 0 Å². The van der Waals surface area contributed by atoms with E-state index in [1.807, 2.05) is 0 Å². The number of likely N-dealkylation sites (N-methyl/N-ethyl adjacent to an activating group) is 1. The standard InChI is InChI=1S/C20H25ClN2O6S/c1-22(17-8-11-30(27,28)13-17)18(24)12-29-20(26)15-6-9-23(10-7-15)19(25)14-2-4-16(21)5-3-14/h2-5,15,17H,6-13H2,1H3/t17-/m0/s1. The van der Waals surface area contributed by atoms with Crippen LogP contribution in [0.2, 0.25) is 5.02 Å². The number of hydrogen-bond donors (Lipinski definition) is 0. The van der Waals surface area contributed by atoms with E-state index in [0.717, 1.165) is 0 Å². The van der Waals surface area contributed by atoms with Gasteiger partial charge in [0.15, 0.2) is 16.4 Å². The third kappa shape index (κ3) is 5.51. The quantitative estimate of drug-likeness (QED) is 0.620. The van der Waals surface area contributed by atoms with Crippen molar-refractivity contribution < 1.29 is 27.5 Å². The lowest BCUT2D eigenvalue weighted by Gasteiger charge is -2.31. The highest BCUT2D eigenvalue weighted by Crippen LogP contribution is 2.21. The molecule has 0 bridgehead atoms. The number of amides is 2. The largest absolute Gasteiger partial charge is 0.455 e. The van der Waals surface area contributed by atoms with Crippen LogP contribution in [0.15, 0.2) is 24.3 Å². The minimum absolute atomic E-state index is 0.0523. The van der Waals surface area contributed by atoms with Gasteiger partial charge in [-0.15, -0.1) is 0 Å². The molecule has 0 spiro atoms. The summed E-state index contributed by atoms with van der Waals surface area (Å²) >= 11 is 5.85. The number of benzene rings is 1. The molecule has 1 atom stereocenters. The topological polar surface area (TPSA) is 101 Å². The van der Waals surface area contributed by atoms with E-state index in [4.69, 9.17) is 16.3 Å². The first kappa shape index (κ1) is 22.6. The van der Waals surface area contributed by atoms with E-state index < -0.39 is 28.3 Å². The number of esters is 1. The molecule has 0 unspecified atom stereocenters. The van der Waals surface area contributed by atoms with Gasteiger partial charge in [0.2, 0.25) is 0 Å². The van der Waals surface area contributed by atoms with E-state index in [-0.39, 0.29) is 29.4 Å². The highest BCUT2D eigenvalue weighted by Gasteiger charge is 2.34. The average molecular weight is 457 g/mol. The summed E-state index contributed by atoms with van der Waals surface area (Å²) in [6.45, 7) is 0.444. The number of sulfone groups is 1. The molecule has 0 aromatic heterocycles. The van der Waals surface area contributed by atoms with Crippen molar-refractivity contribution in [3.8, 4) is 0 Å². The van der Waals surface area contributed by atoms with Gasteiger partial charge in [-0.2, -0.15) is 0 Å². The number of nitrogens with zero attached hydrogens (tertiary/aromatic N) is 2. The van der Waals surface area contributed by atoms with Crippen molar-refractivity contribution in [2.45, 2.75) is 25.3 Å². The molecule has 1 aromatic rings. The Bertz CT molecular complexity index is 910. The van der Waals surface area contributed by atoms with Crippen LogP contribution in [-0.2, 0) is 24.2 Å². The Morgan fingerprint density at radius 2 is 1.77 bits per heavy atom. The van der Waals surface area contributed by atoms with Crippen molar-refractivity contribution in [1.29, 1.82) is 0 Å². The zero-order valence-corrected chi connectivity index (χ0v) is 18.3. The summed E-state index contributed by atoms with van der Waals surface area (Å²) in [6, 6.07) is 6.29. The highest BCUT2D eigenvalue weighted by atomic mass is 35.5. The fourth-order valence-corrected chi connectivity index (χ4v) is 5.63. The second kappa shape index (κ2) is 9.34. The van der Waals surface area contributed by atoms with Crippen molar-refractivity contribution in [1.82, 2.24) is 9.80 Å². The van der Waals surface area contributed by atoms with Crippen LogP contribution in [0.25, 0.3) is 0 Å². The van der Waals surface area contributed by atoms with E-state index in [1.165, 1.54) is 11.9 Å². The van der Waals surface area contributed by atoms with Crippen molar-refractivity contribution >= 4 is 39.2 Å².